The molecule has 1 aliphatic carbocycles. The lowest BCUT2D eigenvalue weighted by molar-refractivity contribution is -0.123. The fraction of sp³-hybridized carbons (Fsp3) is 0.471. The Morgan fingerprint density at radius 2 is 2.00 bits per heavy atom. The van der Waals surface area contributed by atoms with Crippen LogP contribution in [-0.2, 0) is 9.53 Å². The number of halogens is 2. The van der Waals surface area contributed by atoms with Crippen LogP contribution in [0.4, 0.5) is 9.18 Å². The van der Waals surface area contributed by atoms with E-state index in [4.69, 9.17) is 16.3 Å². The lowest BCUT2D eigenvalue weighted by atomic mass is 9.86. The Balaban J connectivity index is 1.79. The summed E-state index contributed by atoms with van der Waals surface area (Å²) in [5.41, 5.74) is -0.374. The van der Waals surface area contributed by atoms with Gasteiger partial charge < -0.3 is 10.1 Å². The molecule has 2 atom stereocenters. The van der Waals surface area contributed by atoms with Crippen LogP contribution in [0.15, 0.2) is 18.2 Å². The zero-order valence-electron chi connectivity index (χ0n) is 13.8. The number of nitrogens with one attached hydrogen (secondary N) is 2. The highest BCUT2D eigenvalue weighted by atomic mass is 35.5. The molecule has 0 bridgehead atoms. The van der Waals surface area contributed by atoms with Crippen LogP contribution in [0.25, 0.3) is 0 Å². The van der Waals surface area contributed by atoms with Crippen molar-refractivity contribution < 1.29 is 23.5 Å². The molecular formula is C17H20ClFN2O4. The average molecular weight is 371 g/mol. The molecular weight excluding hydrogens is 351 g/mol. The van der Waals surface area contributed by atoms with Crippen molar-refractivity contribution in [3.63, 3.8) is 0 Å². The predicted octanol–water partition coefficient (Wildman–Crippen LogP) is 3.04. The highest BCUT2D eigenvalue weighted by molar-refractivity contribution is 6.30. The van der Waals surface area contributed by atoms with Crippen LogP contribution >= 0.6 is 11.6 Å². The standard InChI is InChI=1S/C17H20ClFN2O4/c1-10-4-2-3-5-14(10)20-17(24)21-15(22)9-25-16(23)12-8-11(18)6-7-13(12)19/h6-8,10,14H,2-5,9H2,1H3,(H2,20,21,22,24)/t10-,14+/m0/s1. The molecule has 1 fully saturated rings. The second-order valence-corrected chi connectivity index (χ2v) is 6.53. The smallest absolute Gasteiger partial charge is 0.341 e. The molecule has 8 heteroatoms. The van der Waals surface area contributed by atoms with Gasteiger partial charge in [-0.15, -0.1) is 0 Å². The molecule has 1 aromatic rings. The summed E-state index contributed by atoms with van der Waals surface area (Å²) >= 11 is 5.69. The van der Waals surface area contributed by atoms with E-state index in [-0.39, 0.29) is 16.6 Å². The fourth-order valence-electron chi connectivity index (χ4n) is 2.76. The largest absolute Gasteiger partial charge is 0.452 e. The van der Waals surface area contributed by atoms with Gasteiger partial charge in [0.1, 0.15) is 5.82 Å². The second-order valence-electron chi connectivity index (χ2n) is 6.09. The van der Waals surface area contributed by atoms with E-state index in [1.165, 1.54) is 6.07 Å². The minimum atomic E-state index is -1.03. The summed E-state index contributed by atoms with van der Waals surface area (Å²) in [6, 6.07) is 2.81. The summed E-state index contributed by atoms with van der Waals surface area (Å²) in [5.74, 6) is -2.29. The van der Waals surface area contributed by atoms with Gasteiger partial charge in [-0.25, -0.2) is 14.0 Å². The van der Waals surface area contributed by atoms with Gasteiger partial charge in [-0.05, 0) is 37.0 Å². The number of carbonyl (C=O) groups excluding carboxylic acids is 3. The number of urea groups is 1. The van der Waals surface area contributed by atoms with Crippen molar-refractivity contribution >= 4 is 29.5 Å². The van der Waals surface area contributed by atoms with E-state index in [0.29, 0.717) is 5.92 Å². The van der Waals surface area contributed by atoms with Crippen molar-refractivity contribution in [1.82, 2.24) is 10.6 Å². The molecule has 1 saturated carbocycles. The third-order valence-electron chi connectivity index (χ3n) is 4.16. The van der Waals surface area contributed by atoms with Gasteiger partial charge in [0, 0.05) is 11.1 Å². The lowest BCUT2D eigenvalue weighted by Crippen LogP contribution is -2.48. The number of benzene rings is 1. The average Bonchev–Trinajstić information content (AvgIpc) is 2.57. The number of esters is 1. The Hall–Kier alpha value is -2.15. The zero-order chi connectivity index (χ0) is 18.4. The summed E-state index contributed by atoms with van der Waals surface area (Å²) in [6.07, 6.45) is 4.06. The Labute approximate surface area is 150 Å². The minimum Gasteiger partial charge on any atom is -0.452 e. The van der Waals surface area contributed by atoms with Gasteiger partial charge in [0.15, 0.2) is 6.61 Å². The van der Waals surface area contributed by atoms with Gasteiger partial charge in [-0.1, -0.05) is 31.4 Å². The van der Waals surface area contributed by atoms with Crippen LogP contribution in [0.5, 0.6) is 0 Å². The number of imide groups is 1. The lowest BCUT2D eigenvalue weighted by Gasteiger charge is -2.29. The Morgan fingerprint density at radius 3 is 2.72 bits per heavy atom. The number of rotatable bonds is 4. The summed E-state index contributed by atoms with van der Waals surface area (Å²) in [6.45, 7) is 1.35. The molecule has 0 spiro atoms. The summed E-state index contributed by atoms with van der Waals surface area (Å²) in [5, 5.41) is 5.01. The van der Waals surface area contributed by atoms with Gasteiger partial charge in [0.25, 0.3) is 5.91 Å². The summed E-state index contributed by atoms with van der Waals surface area (Å²) in [7, 11) is 0. The molecule has 25 heavy (non-hydrogen) atoms. The number of ether oxygens (including phenoxy) is 1. The Kier molecular flexibility index (Phi) is 6.75. The van der Waals surface area contributed by atoms with Crippen LogP contribution in [0.3, 0.4) is 0 Å². The van der Waals surface area contributed by atoms with Crippen molar-refractivity contribution in [3.05, 3.63) is 34.6 Å². The van der Waals surface area contributed by atoms with Gasteiger partial charge in [0.2, 0.25) is 0 Å². The van der Waals surface area contributed by atoms with Crippen LogP contribution in [-0.4, -0.2) is 30.6 Å². The first-order valence-corrected chi connectivity index (χ1v) is 8.47. The van der Waals surface area contributed by atoms with E-state index >= 15 is 0 Å². The molecule has 2 rings (SSSR count). The van der Waals surface area contributed by atoms with Crippen molar-refractivity contribution in [3.8, 4) is 0 Å². The molecule has 0 unspecified atom stereocenters. The predicted molar refractivity (Wildman–Crippen MR) is 89.8 cm³/mol. The SMILES string of the molecule is C[C@H]1CCCC[C@H]1NC(=O)NC(=O)COC(=O)c1cc(Cl)ccc1F. The number of carbonyl (C=O) groups is 3. The highest BCUT2D eigenvalue weighted by Gasteiger charge is 2.23. The van der Waals surface area contributed by atoms with Crippen LogP contribution < -0.4 is 10.6 Å². The van der Waals surface area contributed by atoms with E-state index in [1.807, 2.05) is 6.92 Å². The molecule has 0 aromatic heterocycles. The fourth-order valence-corrected chi connectivity index (χ4v) is 2.93. The monoisotopic (exact) mass is 370 g/mol. The third-order valence-corrected chi connectivity index (χ3v) is 4.40. The Bertz CT molecular complexity index is 668. The van der Waals surface area contributed by atoms with E-state index in [2.05, 4.69) is 10.6 Å². The molecule has 0 saturated heterocycles. The topological polar surface area (TPSA) is 84.5 Å². The maximum Gasteiger partial charge on any atom is 0.341 e. The van der Waals surface area contributed by atoms with Crippen LogP contribution in [0, 0.1) is 11.7 Å². The number of amides is 3. The first-order valence-electron chi connectivity index (χ1n) is 8.09. The quantitative estimate of drug-likeness (QED) is 0.798. The van der Waals surface area contributed by atoms with E-state index < -0.39 is 30.3 Å². The summed E-state index contributed by atoms with van der Waals surface area (Å²) in [4.78, 5) is 35.3. The minimum absolute atomic E-state index is 0.0182. The van der Waals surface area contributed by atoms with Gasteiger partial charge in [-0.3, -0.25) is 10.1 Å². The molecule has 2 N–H and O–H groups in total. The van der Waals surface area contributed by atoms with Gasteiger partial charge in [0.05, 0.1) is 5.56 Å². The zero-order valence-corrected chi connectivity index (χ0v) is 14.6. The maximum atomic E-state index is 13.5. The number of hydrogen-bond donors (Lipinski definition) is 2. The normalized spacial score (nSPS) is 19.8. The van der Waals surface area contributed by atoms with E-state index in [0.717, 1.165) is 37.8 Å². The van der Waals surface area contributed by atoms with E-state index in [1.54, 1.807) is 0 Å². The molecule has 0 aliphatic heterocycles. The molecule has 1 aliphatic rings. The molecule has 3 amide bonds. The van der Waals surface area contributed by atoms with Crippen molar-refractivity contribution in [1.29, 1.82) is 0 Å². The third kappa shape index (κ3) is 5.70. The molecule has 0 heterocycles. The van der Waals surface area contributed by atoms with E-state index in [9.17, 15) is 18.8 Å². The first kappa shape index (κ1) is 19.2. The van der Waals surface area contributed by atoms with Crippen molar-refractivity contribution in [2.45, 2.75) is 38.6 Å². The highest BCUT2D eigenvalue weighted by Crippen LogP contribution is 2.23. The first-order chi connectivity index (χ1) is 11.9. The molecule has 1 aromatic carbocycles. The molecule has 0 radical (unpaired) electrons. The van der Waals surface area contributed by atoms with Crippen molar-refractivity contribution in [2.24, 2.45) is 5.92 Å². The maximum absolute atomic E-state index is 13.5. The van der Waals surface area contributed by atoms with Crippen molar-refractivity contribution in [2.75, 3.05) is 6.61 Å². The molecule has 6 nitrogen and oxygen atoms in total. The van der Waals surface area contributed by atoms with Gasteiger partial charge >= 0.3 is 12.0 Å². The van der Waals surface area contributed by atoms with Crippen LogP contribution in [0.1, 0.15) is 43.0 Å². The number of hydrogen-bond acceptors (Lipinski definition) is 4. The Morgan fingerprint density at radius 1 is 1.28 bits per heavy atom. The van der Waals surface area contributed by atoms with Crippen LogP contribution in [0.2, 0.25) is 5.02 Å². The summed E-state index contributed by atoms with van der Waals surface area (Å²) < 4.78 is 18.2. The molecule has 136 valence electrons. The second kappa shape index (κ2) is 8.80. The van der Waals surface area contributed by atoms with Gasteiger partial charge in [-0.2, -0.15) is 0 Å².